The van der Waals surface area contributed by atoms with Gasteiger partial charge in [-0.25, -0.2) is 0 Å². The number of rotatable bonds is 6. The standard InChI is InChI=1S/C19H32N2/c1-6-19(5,21-12-8-9-13-21)18(20-7-2)17-11-10-15(3)16(4)14-17/h10-11,14,18,20H,6-9,12-13H2,1-5H3. The molecule has 21 heavy (non-hydrogen) atoms. The number of hydrogen-bond donors (Lipinski definition) is 1. The van der Waals surface area contributed by atoms with Gasteiger partial charge in [0.25, 0.3) is 0 Å². The monoisotopic (exact) mass is 288 g/mol. The third kappa shape index (κ3) is 3.32. The number of benzene rings is 1. The lowest BCUT2D eigenvalue weighted by molar-refractivity contribution is 0.0846. The quantitative estimate of drug-likeness (QED) is 0.843. The minimum atomic E-state index is 0.203. The average molecular weight is 288 g/mol. The molecule has 1 aliphatic heterocycles. The van der Waals surface area contributed by atoms with Crippen LogP contribution in [-0.2, 0) is 0 Å². The summed E-state index contributed by atoms with van der Waals surface area (Å²) < 4.78 is 0. The molecule has 2 unspecified atom stereocenters. The van der Waals surface area contributed by atoms with E-state index in [9.17, 15) is 0 Å². The van der Waals surface area contributed by atoms with Gasteiger partial charge in [-0.05, 0) is 76.4 Å². The minimum absolute atomic E-state index is 0.203. The number of nitrogens with zero attached hydrogens (tertiary/aromatic N) is 1. The van der Waals surface area contributed by atoms with E-state index in [4.69, 9.17) is 0 Å². The van der Waals surface area contributed by atoms with E-state index < -0.39 is 0 Å². The van der Waals surface area contributed by atoms with E-state index in [-0.39, 0.29) is 5.54 Å². The Hall–Kier alpha value is -0.860. The molecule has 1 saturated heterocycles. The summed E-state index contributed by atoms with van der Waals surface area (Å²) >= 11 is 0. The first-order valence-electron chi connectivity index (χ1n) is 8.58. The highest BCUT2D eigenvalue weighted by molar-refractivity contribution is 5.33. The van der Waals surface area contributed by atoms with Gasteiger partial charge >= 0.3 is 0 Å². The lowest BCUT2D eigenvalue weighted by atomic mass is 9.82. The largest absolute Gasteiger partial charge is 0.309 e. The van der Waals surface area contributed by atoms with Gasteiger partial charge in [-0.2, -0.15) is 0 Å². The highest BCUT2D eigenvalue weighted by Crippen LogP contribution is 2.37. The van der Waals surface area contributed by atoms with Crippen LogP contribution < -0.4 is 5.32 Å². The van der Waals surface area contributed by atoms with E-state index in [1.807, 2.05) is 0 Å². The van der Waals surface area contributed by atoms with Crippen molar-refractivity contribution >= 4 is 0 Å². The molecule has 118 valence electrons. The van der Waals surface area contributed by atoms with Gasteiger partial charge in [0.15, 0.2) is 0 Å². The molecule has 1 aromatic rings. The topological polar surface area (TPSA) is 15.3 Å². The van der Waals surface area contributed by atoms with Crippen LogP contribution in [0.1, 0.15) is 62.8 Å². The smallest absolute Gasteiger partial charge is 0.0504 e. The highest BCUT2D eigenvalue weighted by atomic mass is 15.2. The molecule has 2 heteroatoms. The molecule has 2 atom stereocenters. The first-order valence-corrected chi connectivity index (χ1v) is 8.58. The Bertz CT molecular complexity index is 463. The van der Waals surface area contributed by atoms with Crippen molar-refractivity contribution in [3.05, 3.63) is 34.9 Å². The van der Waals surface area contributed by atoms with Crippen molar-refractivity contribution in [2.75, 3.05) is 19.6 Å². The van der Waals surface area contributed by atoms with E-state index >= 15 is 0 Å². The number of likely N-dealkylation sites (N-methyl/N-ethyl adjacent to an activating group) is 1. The normalized spacial score (nSPS) is 20.4. The van der Waals surface area contributed by atoms with Crippen LogP contribution in [0.4, 0.5) is 0 Å². The van der Waals surface area contributed by atoms with Gasteiger partial charge in [-0.15, -0.1) is 0 Å². The maximum absolute atomic E-state index is 3.77. The Kier molecular flexibility index (Phi) is 5.45. The van der Waals surface area contributed by atoms with E-state index in [1.165, 1.54) is 49.0 Å². The summed E-state index contributed by atoms with van der Waals surface area (Å²) in [6, 6.07) is 7.38. The Morgan fingerprint density at radius 3 is 2.33 bits per heavy atom. The van der Waals surface area contributed by atoms with Crippen LogP contribution in [0, 0.1) is 13.8 Å². The second-order valence-corrected chi connectivity index (χ2v) is 6.74. The zero-order valence-corrected chi connectivity index (χ0v) is 14.5. The van der Waals surface area contributed by atoms with Gasteiger partial charge in [-0.1, -0.05) is 32.0 Å². The maximum atomic E-state index is 3.77. The first-order chi connectivity index (χ1) is 10.0. The molecular weight excluding hydrogens is 256 g/mol. The average Bonchev–Trinajstić information content (AvgIpc) is 3.02. The lowest BCUT2D eigenvalue weighted by Gasteiger charge is -2.45. The summed E-state index contributed by atoms with van der Waals surface area (Å²) in [5.74, 6) is 0. The molecule has 0 spiro atoms. The van der Waals surface area contributed by atoms with Crippen LogP contribution in [0.2, 0.25) is 0 Å². The third-order valence-corrected chi connectivity index (χ3v) is 5.44. The molecule has 0 bridgehead atoms. The zero-order valence-electron chi connectivity index (χ0n) is 14.5. The van der Waals surface area contributed by atoms with Crippen molar-refractivity contribution in [3.63, 3.8) is 0 Å². The number of nitrogens with one attached hydrogen (secondary N) is 1. The highest BCUT2D eigenvalue weighted by Gasteiger charge is 2.39. The van der Waals surface area contributed by atoms with Gasteiger partial charge in [0.2, 0.25) is 0 Å². The van der Waals surface area contributed by atoms with Crippen molar-refractivity contribution in [3.8, 4) is 0 Å². The van der Waals surface area contributed by atoms with E-state index in [1.54, 1.807) is 0 Å². The summed E-state index contributed by atoms with van der Waals surface area (Å²) in [7, 11) is 0. The Morgan fingerprint density at radius 1 is 1.14 bits per heavy atom. The predicted molar refractivity (Wildman–Crippen MR) is 91.8 cm³/mol. The van der Waals surface area contributed by atoms with Gasteiger partial charge in [0, 0.05) is 5.54 Å². The molecule has 1 aromatic carbocycles. The summed E-state index contributed by atoms with van der Waals surface area (Å²) in [4.78, 5) is 2.70. The van der Waals surface area contributed by atoms with Crippen molar-refractivity contribution < 1.29 is 0 Å². The SMILES string of the molecule is CCNC(c1ccc(C)c(C)c1)C(C)(CC)N1CCCC1. The zero-order chi connectivity index (χ0) is 15.5. The molecule has 0 aliphatic carbocycles. The van der Waals surface area contributed by atoms with Crippen molar-refractivity contribution in [2.24, 2.45) is 0 Å². The van der Waals surface area contributed by atoms with Gasteiger partial charge < -0.3 is 5.32 Å². The van der Waals surface area contributed by atoms with Crippen LogP contribution >= 0.6 is 0 Å². The molecular formula is C19H32N2. The molecule has 0 amide bonds. The summed E-state index contributed by atoms with van der Waals surface area (Å²) in [5, 5.41) is 3.77. The number of aryl methyl sites for hydroxylation is 2. The second kappa shape index (κ2) is 6.93. The van der Waals surface area contributed by atoms with E-state index in [0.717, 1.165) is 6.54 Å². The van der Waals surface area contributed by atoms with E-state index in [0.29, 0.717) is 6.04 Å². The number of likely N-dealkylation sites (tertiary alicyclic amines) is 1. The van der Waals surface area contributed by atoms with Crippen LogP contribution in [0.3, 0.4) is 0 Å². The molecule has 0 radical (unpaired) electrons. The third-order valence-electron chi connectivity index (χ3n) is 5.44. The van der Waals surface area contributed by atoms with Crippen LogP contribution in [-0.4, -0.2) is 30.1 Å². The summed E-state index contributed by atoms with van der Waals surface area (Å²) in [6.45, 7) is 14.9. The fourth-order valence-electron chi connectivity index (χ4n) is 3.68. The molecule has 1 N–H and O–H groups in total. The minimum Gasteiger partial charge on any atom is -0.309 e. The van der Waals surface area contributed by atoms with Gasteiger partial charge in [-0.3, -0.25) is 4.90 Å². The Morgan fingerprint density at radius 2 is 1.81 bits per heavy atom. The van der Waals surface area contributed by atoms with E-state index in [2.05, 4.69) is 63.0 Å². The molecule has 1 heterocycles. The summed E-state index contributed by atoms with van der Waals surface area (Å²) in [6.07, 6.45) is 3.88. The fraction of sp³-hybridized carbons (Fsp3) is 0.684. The first kappa shape index (κ1) is 16.5. The molecule has 0 saturated carbocycles. The predicted octanol–water partition coefficient (Wildman–Crippen LogP) is 4.22. The second-order valence-electron chi connectivity index (χ2n) is 6.74. The Balaban J connectivity index is 2.37. The maximum Gasteiger partial charge on any atom is 0.0504 e. The van der Waals surface area contributed by atoms with Crippen molar-refractivity contribution in [1.29, 1.82) is 0 Å². The number of hydrogen-bond acceptors (Lipinski definition) is 2. The van der Waals surface area contributed by atoms with Crippen LogP contribution in [0.15, 0.2) is 18.2 Å². The van der Waals surface area contributed by atoms with Crippen molar-refractivity contribution in [1.82, 2.24) is 10.2 Å². The molecule has 1 aliphatic rings. The molecule has 0 aromatic heterocycles. The molecule has 2 rings (SSSR count). The summed E-state index contributed by atoms with van der Waals surface area (Å²) in [5.41, 5.74) is 4.42. The fourth-order valence-corrected chi connectivity index (χ4v) is 3.68. The van der Waals surface area contributed by atoms with Crippen LogP contribution in [0.5, 0.6) is 0 Å². The Labute approximate surface area is 130 Å². The van der Waals surface area contributed by atoms with Gasteiger partial charge in [0.05, 0.1) is 6.04 Å². The lowest BCUT2D eigenvalue weighted by Crippen LogP contribution is -2.53. The van der Waals surface area contributed by atoms with Crippen LogP contribution in [0.25, 0.3) is 0 Å². The molecule has 2 nitrogen and oxygen atoms in total. The van der Waals surface area contributed by atoms with Crippen molar-refractivity contribution in [2.45, 2.75) is 65.5 Å². The van der Waals surface area contributed by atoms with Gasteiger partial charge in [0.1, 0.15) is 0 Å². The molecule has 1 fully saturated rings.